The molecule has 0 spiro atoms. The number of rotatable bonds is 7. The van der Waals surface area contributed by atoms with Crippen molar-refractivity contribution in [3.63, 3.8) is 0 Å². The molecule has 184 valence electrons. The van der Waals surface area contributed by atoms with Crippen molar-refractivity contribution < 1.29 is 17.1 Å². The van der Waals surface area contributed by atoms with Crippen LogP contribution in [0.15, 0.2) is 48.5 Å². The van der Waals surface area contributed by atoms with Crippen LogP contribution in [-0.2, 0) is 4.79 Å². The molecule has 34 heavy (non-hydrogen) atoms. The van der Waals surface area contributed by atoms with E-state index >= 15 is 0 Å². The van der Waals surface area contributed by atoms with Gasteiger partial charge in [0.1, 0.15) is 18.1 Å². The third kappa shape index (κ3) is 4.80. The SMILES string of the molecule is CC.CNCCOc1ccc(-c2cc(N3CC4CNC(=O)C4C3)c3ccc(OC)cc3n2)cc1.[HH].[HH]. The van der Waals surface area contributed by atoms with Gasteiger partial charge >= 0.3 is 0 Å². The molecular formula is C27H38N4O3. The second kappa shape index (κ2) is 10.7. The number of fused-ring (bicyclic) bond motifs is 2. The minimum Gasteiger partial charge on any atom is -0.497 e. The molecule has 3 heterocycles. The number of hydrogen-bond donors (Lipinski definition) is 2. The predicted octanol–water partition coefficient (Wildman–Crippen LogP) is 4.21. The molecule has 2 N–H and O–H groups in total. The summed E-state index contributed by atoms with van der Waals surface area (Å²) in [5, 5.41) is 7.14. The summed E-state index contributed by atoms with van der Waals surface area (Å²) in [6.45, 7) is 7.79. The maximum absolute atomic E-state index is 12.2. The van der Waals surface area contributed by atoms with Crippen LogP contribution in [0.3, 0.4) is 0 Å². The average molecular weight is 467 g/mol. The molecule has 0 radical (unpaired) electrons. The minimum atomic E-state index is 0. The average Bonchev–Trinajstić information content (AvgIpc) is 3.46. The zero-order valence-electron chi connectivity index (χ0n) is 20.4. The highest BCUT2D eigenvalue weighted by Crippen LogP contribution is 2.38. The summed E-state index contributed by atoms with van der Waals surface area (Å²) >= 11 is 0. The molecule has 0 aliphatic carbocycles. The molecule has 0 bridgehead atoms. The van der Waals surface area contributed by atoms with Gasteiger partial charge in [0.15, 0.2) is 0 Å². The number of ether oxygens (including phenoxy) is 2. The van der Waals surface area contributed by atoms with Crippen molar-refractivity contribution in [3.05, 3.63) is 48.5 Å². The molecule has 2 aliphatic rings. The highest BCUT2D eigenvalue weighted by atomic mass is 16.5. The first kappa shape index (κ1) is 23.8. The number of carbonyl (C=O) groups excluding carboxylic acids is 1. The Labute approximate surface area is 204 Å². The van der Waals surface area contributed by atoms with E-state index in [9.17, 15) is 4.79 Å². The van der Waals surface area contributed by atoms with E-state index < -0.39 is 0 Å². The Morgan fingerprint density at radius 1 is 1.12 bits per heavy atom. The summed E-state index contributed by atoms with van der Waals surface area (Å²) in [6, 6.07) is 16.2. The van der Waals surface area contributed by atoms with Crippen LogP contribution in [0.1, 0.15) is 16.7 Å². The van der Waals surface area contributed by atoms with Gasteiger partial charge in [-0.05, 0) is 49.5 Å². The fourth-order valence-electron chi connectivity index (χ4n) is 4.65. The van der Waals surface area contributed by atoms with E-state index in [1.807, 2.05) is 57.3 Å². The second-order valence-electron chi connectivity index (χ2n) is 8.40. The number of hydrogen-bond acceptors (Lipinski definition) is 6. The van der Waals surface area contributed by atoms with Crippen molar-refractivity contribution in [2.75, 3.05) is 51.8 Å². The van der Waals surface area contributed by atoms with Crippen LogP contribution < -0.4 is 25.0 Å². The van der Waals surface area contributed by atoms with Crippen LogP contribution >= 0.6 is 0 Å². The summed E-state index contributed by atoms with van der Waals surface area (Å²) in [5.41, 5.74) is 3.91. The topological polar surface area (TPSA) is 75.7 Å². The molecule has 2 saturated heterocycles. The van der Waals surface area contributed by atoms with E-state index in [1.165, 1.54) is 0 Å². The van der Waals surface area contributed by atoms with E-state index in [0.29, 0.717) is 12.5 Å². The van der Waals surface area contributed by atoms with Crippen LogP contribution in [0.5, 0.6) is 11.5 Å². The van der Waals surface area contributed by atoms with Crippen LogP contribution in [0.4, 0.5) is 5.69 Å². The zero-order chi connectivity index (χ0) is 24.1. The Kier molecular flexibility index (Phi) is 7.53. The maximum Gasteiger partial charge on any atom is 0.225 e. The number of pyridine rings is 1. The van der Waals surface area contributed by atoms with Gasteiger partial charge in [-0.15, -0.1) is 0 Å². The van der Waals surface area contributed by atoms with Gasteiger partial charge in [-0.2, -0.15) is 0 Å². The number of amides is 1. The van der Waals surface area contributed by atoms with Gasteiger partial charge < -0.3 is 25.0 Å². The summed E-state index contributed by atoms with van der Waals surface area (Å²) in [5.74, 6) is 2.21. The smallest absolute Gasteiger partial charge is 0.225 e. The van der Waals surface area contributed by atoms with Gasteiger partial charge in [0.25, 0.3) is 0 Å². The first-order valence-corrected chi connectivity index (χ1v) is 12.1. The molecular weight excluding hydrogens is 428 g/mol. The molecule has 0 saturated carbocycles. The van der Waals surface area contributed by atoms with Gasteiger partial charge in [0, 0.05) is 57.7 Å². The number of methoxy groups -OCH3 is 1. The van der Waals surface area contributed by atoms with Gasteiger partial charge in [-0.3, -0.25) is 4.79 Å². The Bertz CT molecular complexity index is 1140. The van der Waals surface area contributed by atoms with Crippen molar-refractivity contribution in [1.29, 1.82) is 0 Å². The lowest BCUT2D eigenvalue weighted by Crippen LogP contribution is -2.28. The van der Waals surface area contributed by atoms with E-state index in [2.05, 4.69) is 27.7 Å². The van der Waals surface area contributed by atoms with Crippen molar-refractivity contribution >= 4 is 22.5 Å². The molecule has 7 nitrogen and oxygen atoms in total. The first-order valence-electron chi connectivity index (χ1n) is 12.1. The highest BCUT2D eigenvalue weighted by molar-refractivity contribution is 5.96. The summed E-state index contributed by atoms with van der Waals surface area (Å²) in [6.07, 6.45) is 0. The third-order valence-electron chi connectivity index (χ3n) is 6.42. The van der Waals surface area contributed by atoms with Crippen LogP contribution in [0.2, 0.25) is 0 Å². The Morgan fingerprint density at radius 3 is 2.59 bits per heavy atom. The van der Waals surface area contributed by atoms with Gasteiger partial charge in [0.05, 0.1) is 24.2 Å². The summed E-state index contributed by atoms with van der Waals surface area (Å²) in [4.78, 5) is 19.5. The lowest BCUT2D eigenvalue weighted by atomic mass is 10.0. The number of carbonyl (C=O) groups is 1. The Morgan fingerprint density at radius 2 is 1.88 bits per heavy atom. The van der Waals surface area contributed by atoms with Crippen molar-refractivity contribution in [2.45, 2.75) is 13.8 Å². The summed E-state index contributed by atoms with van der Waals surface area (Å²) in [7, 11) is 3.57. The normalized spacial score (nSPS) is 18.8. The molecule has 2 aliphatic heterocycles. The number of nitrogens with one attached hydrogen (secondary N) is 2. The lowest BCUT2D eigenvalue weighted by molar-refractivity contribution is -0.122. The fourth-order valence-corrected chi connectivity index (χ4v) is 4.65. The van der Waals surface area contributed by atoms with Crippen molar-refractivity contribution in [1.82, 2.24) is 15.6 Å². The fraction of sp³-hybridized carbons (Fsp3) is 0.407. The van der Waals surface area contributed by atoms with Gasteiger partial charge in [-0.25, -0.2) is 4.98 Å². The van der Waals surface area contributed by atoms with E-state index in [1.54, 1.807) is 7.11 Å². The largest absolute Gasteiger partial charge is 0.497 e. The van der Waals surface area contributed by atoms with Crippen LogP contribution in [0.25, 0.3) is 22.2 Å². The number of likely N-dealkylation sites (N-methyl/N-ethyl adjacent to an activating group) is 1. The first-order chi connectivity index (χ1) is 16.7. The Hall–Kier alpha value is -3.32. The minimum absolute atomic E-state index is 0. The number of aromatic nitrogens is 1. The van der Waals surface area contributed by atoms with Crippen LogP contribution in [-0.4, -0.2) is 57.8 Å². The molecule has 2 unspecified atom stereocenters. The molecule has 2 fully saturated rings. The van der Waals surface area contributed by atoms with E-state index in [-0.39, 0.29) is 14.7 Å². The van der Waals surface area contributed by atoms with Crippen molar-refractivity contribution in [2.24, 2.45) is 11.8 Å². The highest BCUT2D eigenvalue weighted by Gasteiger charge is 2.42. The Balaban J connectivity index is 0.00000111. The molecule has 1 aromatic heterocycles. The zero-order valence-corrected chi connectivity index (χ0v) is 20.4. The molecule has 2 aromatic carbocycles. The van der Waals surface area contributed by atoms with Gasteiger partial charge in [0.2, 0.25) is 5.91 Å². The number of nitrogens with zero attached hydrogens (tertiary/aromatic N) is 2. The van der Waals surface area contributed by atoms with Crippen LogP contribution in [0, 0.1) is 11.8 Å². The maximum atomic E-state index is 12.2. The third-order valence-corrected chi connectivity index (χ3v) is 6.42. The lowest BCUT2D eigenvalue weighted by Gasteiger charge is -2.22. The molecule has 7 heteroatoms. The number of anilines is 1. The monoisotopic (exact) mass is 466 g/mol. The summed E-state index contributed by atoms with van der Waals surface area (Å²) < 4.78 is 11.2. The number of benzene rings is 2. The van der Waals surface area contributed by atoms with E-state index in [4.69, 9.17) is 14.5 Å². The van der Waals surface area contributed by atoms with Crippen molar-refractivity contribution in [3.8, 4) is 22.8 Å². The predicted molar refractivity (Wildman–Crippen MR) is 141 cm³/mol. The molecule has 2 atom stereocenters. The quantitative estimate of drug-likeness (QED) is 0.508. The van der Waals surface area contributed by atoms with E-state index in [0.717, 1.165) is 65.5 Å². The second-order valence-corrected chi connectivity index (χ2v) is 8.40. The molecule has 3 aromatic rings. The molecule has 5 rings (SSSR count). The van der Waals surface area contributed by atoms with Gasteiger partial charge in [-0.1, -0.05) is 13.8 Å². The molecule has 1 amide bonds. The standard InChI is InChI=1S/C25H28N4O3.C2H6.2H2/c1-26-9-10-32-18-5-3-16(4-6-18)22-12-24(20-8-7-19(31-2)11-23(20)28-22)29-14-17-13-27-25(30)21(17)15-29;1-2;;/h3-8,11-12,17,21,26H,9-10,13-15H2,1-2H3,(H,27,30);1-2H3;2*1H.